The third kappa shape index (κ3) is 5.78. The number of rotatable bonds is 6. The lowest BCUT2D eigenvalue weighted by Gasteiger charge is -2.34. The van der Waals surface area contributed by atoms with E-state index in [0.717, 1.165) is 16.8 Å². The first-order valence-corrected chi connectivity index (χ1v) is 12.0. The summed E-state index contributed by atoms with van der Waals surface area (Å²) in [7, 11) is 0. The Bertz CT molecular complexity index is 1230. The van der Waals surface area contributed by atoms with E-state index in [1.165, 1.54) is 0 Å². The molecule has 1 saturated heterocycles. The van der Waals surface area contributed by atoms with Gasteiger partial charge in [0.2, 0.25) is 5.91 Å². The van der Waals surface area contributed by atoms with Crippen molar-refractivity contribution in [3.05, 3.63) is 99.6 Å². The topological polar surface area (TPSA) is 69.7 Å². The molecular formula is C28H28ClN3O3. The molecule has 3 aromatic rings. The third-order valence-electron chi connectivity index (χ3n) is 6.28. The summed E-state index contributed by atoms with van der Waals surface area (Å²) in [6, 6.07) is 19.5. The largest absolute Gasteiger partial charge is 0.336 e. The second kappa shape index (κ2) is 10.8. The summed E-state index contributed by atoms with van der Waals surface area (Å²) in [5, 5.41) is 3.57. The van der Waals surface area contributed by atoms with Crippen LogP contribution in [0.25, 0.3) is 0 Å². The van der Waals surface area contributed by atoms with Gasteiger partial charge >= 0.3 is 0 Å². The van der Waals surface area contributed by atoms with Gasteiger partial charge in [-0.15, -0.1) is 0 Å². The van der Waals surface area contributed by atoms with Gasteiger partial charge in [0.1, 0.15) is 0 Å². The summed E-state index contributed by atoms with van der Waals surface area (Å²) >= 11 is 5.94. The molecule has 35 heavy (non-hydrogen) atoms. The van der Waals surface area contributed by atoms with Crippen molar-refractivity contribution in [2.45, 2.75) is 13.8 Å². The maximum atomic E-state index is 13.3. The number of nitrogens with zero attached hydrogens (tertiary/aromatic N) is 2. The normalized spacial score (nSPS) is 14.0. The van der Waals surface area contributed by atoms with Gasteiger partial charge in [0.05, 0.1) is 12.1 Å². The van der Waals surface area contributed by atoms with Crippen LogP contribution in [-0.4, -0.2) is 60.1 Å². The minimum atomic E-state index is -0.215. The molecule has 0 bridgehead atoms. The van der Waals surface area contributed by atoms with E-state index in [4.69, 9.17) is 11.6 Å². The fraction of sp³-hybridized carbons (Fsp3) is 0.250. The van der Waals surface area contributed by atoms with Crippen LogP contribution in [-0.2, 0) is 4.79 Å². The van der Waals surface area contributed by atoms with Gasteiger partial charge in [-0.2, -0.15) is 0 Å². The van der Waals surface area contributed by atoms with E-state index in [-0.39, 0.29) is 24.1 Å². The Hall–Kier alpha value is -3.48. The zero-order chi connectivity index (χ0) is 24.9. The van der Waals surface area contributed by atoms with Crippen molar-refractivity contribution in [3.8, 4) is 0 Å². The molecule has 0 aromatic heterocycles. The van der Waals surface area contributed by atoms with Gasteiger partial charge in [0.25, 0.3) is 5.91 Å². The molecule has 3 aromatic carbocycles. The van der Waals surface area contributed by atoms with Gasteiger partial charge in [-0.3, -0.25) is 19.3 Å². The molecule has 0 atom stereocenters. The van der Waals surface area contributed by atoms with Crippen LogP contribution in [0.3, 0.4) is 0 Å². The second-order valence-electron chi connectivity index (χ2n) is 8.76. The van der Waals surface area contributed by atoms with Crippen molar-refractivity contribution in [1.29, 1.82) is 0 Å². The number of piperazine rings is 1. The Morgan fingerprint density at radius 3 is 2.03 bits per heavy atom. The second-order valence-corrected chi connectivity index (χ2v) is 9.20. The molecule has 0 unspecified atom stereocenters. The third-order valence-corrected chi connectivity index (χ3v) is 6.53. The zero-order valence-electron chi connectivity index (χ0n) is 19.9. The number of hydrogen-bond acceptors (Lipinski definition) is 4. The van der Waals surface area contributed by atoms with E-state index in [2.05, 4.69) is 5.32 Å². The molecule has 4 rings (SSSR count). The number of anilines is 1. The molecule has 2 amide bonds. The maximum absolute atomic E-state index is 13.3. The average molecular weight is 490 g/mol. The van der Waals surface area contributed by atoms with E-state index in [0.29, 0.717) is 47.9 Å². The summed E-state index contributed by atoms with van der Waals surface area (Å²) in [5.74, 6) is -0.462. The van der Waals surface area contributed by atoms with Gasteiger partial charge < -0.3 is 10.2 Å². The number of carbonyl (C=O) groups is 3. The highest BCUT2D eigenvalue weighted by Gasteiger charge is 2.26. The van der Waals surface area contributed by atoms with Crippen LogP contribution in [0.1, 0.15) is 37.4 Å². The lowest BCUT2D eigenvalue weighted by molar-refractivity contribution is -0.117. The molecule has 1 N–H and O–H groups in total. The number of amides is 2. The Morgan fingerprint density at radius 1 is 0.800 bits per heavy atom. The molecule has 1 fully saturated rings. The predicted molar refractivity (Wildman–Crippen MR) is 138 cm³/mol. The molecule has 0 spiro atoms. The first kappa shape index (κ1) is 24.6. The molecule has 7 heteroatoms. The lowest BCUT2D eigenvalue weighted by atomic mass is 9.97. The molecule has 0 radical (unpaired) electrons. The average Bonchev–Trinajstić information content (AvgIpc) is 2.86. The first-order chi connectivity index (χ1) is 16.8. The number of benzene rings is 3. The van der Waals surface area contributed by atoms with E-state index in [1.54, 1.807) is 53.4 Å². The molecule has 1 aliphatic heterocycles. The summed E-state index contributed by atoms with van der Waals surface area (Å²) in [6.45, 7) is 6.35. The van der Waals surface area contributed by atoms with Crippen LogP contribution in [0.15, 0.2) is 66.7 Å². The Kier molecular flexibility index (Phi) is 7.63. The highest BCUT2D eigenvalue weighted by atomic mass is 35.5. The van der Waals surface area contributed by atoms with Crippen molar-refractivity contribution < 1.29 is 14.4 Å². The van der Waals surface area contributed by atoms with Crippen molar-refractivity contribution in [2.24, 2.45) is 0 Å². The highest BCUT2D eigenvalue weighted by molar-refractivity contribution is 6.30. The van der Waals surface area contributed by atoms with E-state index >= 15 is 0 Å². The number of para-hydroxylation sites is 1. The standard InChI is InChI=1S/C28H28ClN3O3/c1-19-6-5-7-20(2)26(19)30-25(33)18-31-14-16-32(17-15-31)28(35)24-9-4-3-8-23(24)27(34)21-10-12-22(29)13-11-21/h3-13H,14-18H2,1-2H3,(H,30,33). The molecule has 6 nitrogen and oxygen atoms in total. The number of nitrogens with one attached hydrogen (secondary N) is 1. The minimum Gasteiger partial charge on any atom is -0.336 e. The van der Waals surface area contributed by atoms with Crippen LogP contribution in [0.4, 0.5) is 5.69 Å². The quantitative estimate of drug-likeness (QED) is 0.514. The van der Waals surface area contributed by atoms with E-state index in [1.807, 2.05) is 36.9 Å². The number of ketones is 1. The summed E-state index contributed by atoms with van der Waals surface area (Å²) in [4.78, 5) is 42.8. The van der Waals surface area contributed by atoms with Crippen LogP contribution in [0.2, 0.25) is 5.02 Å². The van der Waals surface area contributed by atoms with Crippen LogP contribution < -0.4 is 5.32 Å². The summed E-state index contributed by atoms with van der Waals surface area (Å²) in [6.07, 6.45) is 0. The molecule has 1 aliphatic rings. The summed E-state index contributed by atoms with van der Waals surface area (Å²) < 4.78 is 0. The first-order valence-electron chi connectivity index (χ1n) is 11.6. The van der Waals surface area contributed by atoms with E-state index in [9.17, 15) is 14.4 Å². The van der Waals surface area contributed by atoms with Crippen LogP contribution >= 0.6 is 11.6 Å². The number of carbonyl (C=O) groups excluding carboxylic acids is 3. The van der Waals surface area contributed by atoms with Crippen molar-refractivity contribution in [1.82, 2.24) is 9.80 Å². The van der Waals surface area contributed by atoms with Crippen LogP contribution in [0.5, 0.6) is 0 Å². The van der Waals surface area contributed by atoms with Gasteiger partial charge in [-0.05, 0) is 55.3 Å². The Balaban J connectivity index is 1.38. The SMILES string of the molecule is Cc1cccc(C)c1NC(=O)CN1CCN(C(=O)c2ccccc2C(=O)c2ccc(Cl)cc2)CC1. The van der Waals surface area contributed by atoms with Crippen molar-refractivity contribution >= 4 is 34.9 Å². The lowest BCUT2D eigenvalue weighted by Crippen LogP contribution is -2.50. The highest BCUT2D eigenvalue weighted by Crippen LogP contribution is 2.21. The Morgan fingerprint density at radius 2 is 1.40 bits per heavy atom. The minimum absolute atomic E-state index is 0.0684. The van der Waals surface area contributed by atoms with Gasteiger partial charge in [-0.25, -0.2) is 0 Å². The molecule has 180 valence electrons. The predicted octanol–water partition coefficient (Wildman–Crippen LogP) is 4.58. The van der Waals surface area contributed by atoms with E-state index < -0.39 is 0 Å². The fourth-order valence-corrected chi connectivity index (χ4v) is 4.42. The van der Waals surface area contributed by atoms with Gasteiger partial charge in [0, 0.05) is 48.0 Å². The summed E-state index contributed by atoms with van der Waals surface area (Å²) in [5.41, 5.74) is 4.15. The molecule has 1 heterocycles. The van der Waals surface area contributed by atoms with Gasteiger partial charge in [-0.1, -0.05) is 48.0 Å². The number of hydrogen-bond donors (Lipinski definition) is 1. The fourth-order valence-electron chi connectivity index (χ4n) is 4.30. The maximum Gasteiger partial charge on any atom is 0.254 e. The smallest absolute Gasteiger partial charge is 0.254 e. The van der Waals surface area contributed by atoms with Crippen LogP contribution in [0, 0.1) is 13.8 Å². The molecule has 0 aliphatic carbocycles. The number of halogens is 1. The zero-order valence-corrected chi connectivity index (χ0v) is 20.6. The van der Waals surface area contributed by atoms with Crippen molar-refractivity contribution in [2.75, 3.05) is 38.0 Å². The van der Waals surface area contributed by atoms with Crippen molar-refractivity contribution in [3.63, 3.8) is 0 Å². The number of aryl methyl sites for hydroxylation is 2. The molecular weight excluding hydrogens is 462 g/mol. The van der Waals surface area contributed by atoms with Gasteiger partial charge in [0.15, 0.2) is 5.78 Å². The monoisotopic (exact) mass is 489 g/mol. The Labute approximate surface area is 210 Å². The molecule has 0 saturated carbocycles.